The van der Waals surface area contributed by atoms with E-state index < -0.39 is 37.4 Å². The van der Waals surface area contributed by atoms with Gasteiger partial charge in [-0.1, -0.05) is 48.5 Å². The van der Waals surface area contributed by atoms with Crippen molar-refractivity contribution >= 4 is 0 Å². The number of aliphatic hydroxyl groups is 4. The van der Waals surface area contributed by atoms with Gasteiger partial charge in [0.15, 0.2) is 0 Å². The molecule has 0 bridgehead atoms. The molecule has 4 aromatic rings. The predicted molar refractivity (Wildman–Crippen MR) is 188 cm³/mol. The standard InChI is InChI=1S/4C9H13NO2/c4*1-10-6-9(12)7-3-2-4-8(11)5-7/h4*2-5,9-12H,6H2,1H3/t4*9-/m1111/s1/i6D2,9D,12D;9D,12D;6D2,12D;12D/hD8. The van der Waals surface area contributed by atoms with Crippen molar-refractivity contribution in [2.75, 3.05) is 54.3 Å². The molecule has 264 valence electrons. The van der Waals surface area contributed by atoms with Crippen molar-refractivity contribution < 1.29 is 54.7 Å². The Morgan fingerprint density at radius 3 is 1.33 bits per heavy atom. The Morgan fingerprint density at radius 2 is 0.938 bits per heavy atom. The summed E-state index contributed by atoms with van der Waals surface area (Å²) in [5.41, 5.74) is 1.39. The fourth-order valence-corrected chi connectivity index (χ4v) is 3.56. The fraction of sp³-hybridized carbons (Fsp3) is 0.333. The number of hydrogen-bond donors (Lipinski definition) is 12. The van der Waals surface area contributed by atoms with Crippen LogP contribution in [0.15, 0.2) is 97.1 Å². The van der Waals surface area contributed by atoms with Crippen LogP contribution >= 0.6 is 0 Å². The predicted octanol–water partition coefficient (Wildman–Crippen LogP) is 2.58. The molecule has 0 amide bonds. The molecule has 0 heterocycles. The molecule has 0 aliphatic carbocycles. The highest BCUT2D eigenvalue weighted by molar-refractivity contribution is 5.31. The smallest absolute Gasteiger partial charge is 0.293 e. The summed E-state index contributed by atoms with van der Waals surface area (Å²) in [5.74, 6) is 0.957. The van der Waals surface area contributed by atoms with E-state index in [1.807, 2.05) is 0 Å². The molecular formula is C36H52N4O8. The molecule has 0 aromatic heterocycles. The highest BCUT2D eigenvalue weighted by Gasteiger charge is 2.08. The first-order valence-corrected chi connectivity index (χ1v) is 14.2. The number of phenols is 4. The third-order valence-corrected chi connectivity index (χ3v) is 5.75. The Labute approximate surface area is 309 Å². The van der Waals surface area contributed by atoms with Crippen LogP contribution in [-0.2, 0) is 0 Å². The van der Waals surface area contributed by atoms with Crippen LogP contribution < -0.4 is 21.2 Å². The van der Waals surface area contributed by atoms with Gasteiger partial charge in [0.2, 0.25) is 5.72 Å². The van der Waals surface area contributed by atoms with E-state index in [4.69, 9.17) is 25.3 Å². The molecule has 0 fully saturated rings. The van der Waals surface area contributed by atoms with E-state index in [0.29, 0.717) is 33.1 Å². The fourth-order valence-electron chi connectivity index (χ4n) is 3.56. The van der Waals surface area contributed by atoms with Crippen molar-refractivity contribution in [1.29, 1.82) is 11.4 Å². The Balaban J connectivity index is 0.000000441. The SMILES string of the molecule is [2H]Oc1cccc([C@@H](CN([2H])C)O[2H])c1.[2H]Oc1cccc([C@@]([2H])(CN([2H])C)O[2H])c1.[2H]Oc1cccc([C@H](O[2H])C([2H])([2H])N([2H])C)c1.[2H]Oc1cccc([C@]([2H])(O[2H])C([2H])([2H])N([2H])C)c1. The van der Waals surface area contributed by atoms with Crippen molar-refractivity contribution in [2.45, 2.75) is 24.4 Å². The molecule has 12 N–H and O–H groups in total. The summed E-state index contributed by atoms with van der Waals surface area (Å²) in [6.07, 6.45) is -5.87. The van der Waals surface area contributed by atoms with Crippen LogP contribution in [0.25, 0.3) is 0 Å². The number of benzene rings is 4. The zero-order valence-electron chi connectivity index (χ0n) is 44.9. The summed E-state index contributed by atoms with van der Waals surface area (Å²) in [6, 6.07) is 24.4. The first kappa shape index (κ1) is 21.0. The average molecular weight is 687 g/mol. The molecular weight excluding hydrogens is 616 g/mol. The maximum atomic E-state index is 7.95. The van der Waals surface area contributed by atoms with Gasteiger partial charge in [0.1, 0.15) is 28.6 Å². The highest BCUT2D eigenvalue weighted by Crippen LogP contribution is 2.19. The van der Waals surface area contributed by atoms with Crippen molar-refractivity contribution in [3.05, 3.63) is 119 Å². The zero-order valence-corrected chi connectivity index (χ0v) is 26.9. The van der Waals surface area contributed by atoms with Gasteiger partial charge in [0.25, 0.3) is 5.72 Å². The normalized spacial score (nSPS) is 20.1. The van der Waals surface area contributed by atoms with Gasteiger partial charge in [-0.25, -0.2) is 0 Å². The number of aliphatic hydroxyl groups excluding tert-OH is 2. The number of likely N-dealkylation sites (N-methyl/N-ethyl adjacent to an activating group) is 4. The molecule has 0 aliphatic heterocycles. The molecule has 4 atom stereocenters. The lowest BCUT2D eigenvalue weighted by molar-refractivity contribution is 0.177. The highest BCUT2D eigenvalue weighted by atomic mass is 16.3. The molecule has 0 aliphatic rings. The second-order valence-corrected chi connectivity index (χ2v) is 9.48. The molecule has 0 spiro atoms. The topological polar surface area (TPSA) is 210 Å². The van der Waals surface area contributed by atoms with Crippen LogP contribution in [0.1, 0.15) is 54.8 Å². The summed E-state index contributed by atoms with van der Waals surface area (Å²) in [4.78, 5) is 0. The minimum Gasteiger partial charge on any atom is -0.508 e. The van der Waals surface area contributed by atoms with E-state index >= 15 is 0 Å². The maximum absolute atomic E-state index is 7.95. The lowest BCUT2D eigenvalue weighted by Gasteiger charge is -2.09. The van der Waals surface area contributed by atoms with Crippen LogP contribution in [-0.4, -0.2) is 107 Å². The lowest BCUT2D eigenvalue weighted by Crippen LogP contribution is -2.16. The summed E-state index contributed by atoms with van der Waals surface area (Å²) in [7, 11) is 5.40. The monoisotopic (exact) mass is 686 g/mol. The maximum Gasteiger partial charge on any atom is 0.293 e. The van der Waals surface area contributed by atoms with Crippen molar-refractivity contribution in [2.24, 2.45) is 0 Å². The van der Waals surface area contributed by atoms with Crippen LogP contribution in [0.3, 0.4) is 0 Å². The summed E-state index contributed by atoms with van der Waals surface area (Å²) in [5, 5.41) is 37.8. The summed E-state index contributed by atoms with van der Waals surface area (Å²) >= 11 is 0. The van der Waals surface area contributed by atoms with Gasteiger partial charge in [-0.3, -0.25) is 0 Å². The van der Waals surface area contributed by atoms with E-state index in [0.717, 1.165) is 12.4 Å². The third-order valence-electron chi connectivity index (χ3n) is 5.75. The van der Waals surface area contributed by atoms with Crippen LogP contribution in [0.4, 0.5) is 0 Å². The second-order valence-electron chi connectivity index (χ2n) is 9.48. The Bertz CT molecular complexity index is 2000. The van der Waals surface area contributed by atoms with Crippen molar-refractivity contribution in [3.63, 3.8) is 0 Å². The first-order chi connectivity index (χ1) is 30.9. The molecule has 0 radical (unpaired) electrons. The third kappa shape index (κ3) is 17.1. The van der Waals surface area contributed by atoms with Gasteiger partial charge in [-0.2, -0.15) is 0 Å². The van der Waals surface area contributed by atoms with Gasteiger partial charge in [-0.15, -0.1) is 0 Å². The first-order valence-electron chi connectivity index (χ1n) is 22.3. The minimum absolute atomic E-state index is 0.0219. The van der Waals surface area contributed by atoms with E-state index in [1.165, 1.54) is 61.9 Å². The Hall–Kier alpha value is -4.24. The number of hydrogen-bond acceptors (Lipinski definition) is 12. The molecule has 12 heteroatoms. The van der Waals surface area contributed by atoms with Gasteiger partial charge in [0.05, 0.1) is 27.1 Å². The van der Waals surface area contributed by atoms with E-state index in [9.17, 15) is 0 Å². The van der Waals surface area contributed by atoms with Crippen LogP contribution in [0, 0.1) is 0 Å². The number of nitrogens with one attached hydrogen (secondary N) is 4. The molecule has 4 rings (SSSR count). The van der Waals surface area contributed by atoms with E-state index in [1.54, 1.807) is 61.6 Å². The number of rotatable bonds is 20. The van der Waals surface area contributed by atoms with Crippen LogP contribution in [0.5, 0.6) is 23.0 Å². The molecule has 0 saturated heterocycles. The van der Waals surface area contributed by atoms with Gasteiger partial charge >= 0.3 is 0 Å². The minimum atomic E-state index is -2.56. The van der Waals surface area contributed by atoms with Gasteiger partial charge in [0, 0.05) is 31.6 Å². The molecule has 0 unspecified atom stereocenters. The zero-order chi connectivity index (χ0) is 50.5. The molecule has 0 saturated carbocycles. The Morgan fingerprint density at radius 1 is 0.521 bits per heavy atom. The van der Waals surface area contributed by atoms with Crippen molar-refractivity contribution in [3.8, 4) is 23.0 Å². The van der Waals surface area contributed by atoms with E-state index in [2.05, 4.69) is 40.9 Å². The number of phenolic OH excluding ortho intramolecular Hbond substituents is 4. The molecule has 48 heavy (non-hydrogen) atoms. The Kier molecular flexibility index (Phi) is 10.5. The summed E-state index contributed by atoms with van der Waals surface area (Å²) in [6.45, 7) is -4.53. The van der Waals surface area contributed by atoms with Crippen LogP contribution in [0.2, 0.25) is 5.65 Å². The molecule has 4 aromatic carbocycles. The number of aromatic hydroxyl groups is 4. The van der Waals surface area contributed by atoms with Crippen molar-refractivity contribution in [1.82, 2.24) is 21.2 Å². The molecule has 12 nitrogen and oxygen atoms in total. The second kappa shape index (κ2) is 24.0. The summed E-state index contributed by atoms with van der Waals surface area (Å²) < 4.78 is 130. The largest absolute Gasteiger partial charge is 0.508 e. The van der Waals surface area contributed by atoms with Gasteiger partial charge in [-0.05, 0) is 99.0 Å². The average Bonchev–Trinajstić information content (AvgIpc) is 3.30. The van der Waals surface area contributed by atoms with E-state index in [-0.39, 0.29) is 35.9 Å². The quantitative estimate of drug-likeness (QED) is 0.0648. The van der Waals surface area contributed by atoms with Gasteiger partial charge < -0.3 is 62.1 Å². The lowest BCUT2D eigenvalue weighted by atomic mass is 10.1.